The van der Waals surface area contributed by atoms with E-state index in [2.05, 4.69) is 33.7 Å². The zero-order valence-corrected chi connectivity index (χ0v) is 8.91. The summed E-state index contributed by atoms with van der Waals surface area (Å²) in [7, 11) is 0. The quantitative estimate of drug-likeness (QED) is 0.343. The van der Waals surface area contributed by atoms with Gasteiger partial charge < -0.3 is 4.98 Å². The first kappa shape index (κ1) is 9.96. The standard InChI is InChI=1S/C10H10N4S/c11-14-13-4-3-7-1-2-8-9(5-7)12-6-10(8)15/h1-2,5-6,12,15H,3-4H2. The zero-order valence-electron chi connectivity index (χ0n) is 8.01. The van der Waals surface area contributed by atoms with Crippen LogP contribution >= 0.6 is 12.6 Å². The molecule has 0 aliphatic rings. The van der Waals surface area contributed by atoms with Crippen molar-refractivity contribution in [2.45, 2.75) is 11.3 Å². The average molecular weight is 218 g/mol. The lowest BCUT2D eigenvalue weighted by atomic mass is 10.1. The van der Waals surface area contributed by atoms with Crippen LogP contribution in [0.4, 0.5) is 0 Å². The van der Waals surface area contributed by atoms with Gasteiger partial charge in [-0.2, -0.15) is 0 Å². The number of aromatic nitrogens is 1. The monoisotopic (exact) mass is 218 g/mol. The number of azide groups is 1. The Bertz CT molecular complexity index is 525. The molecule has 0 spiro atoms. The number of nitrogens with one attached hydrogen (secondary N) is 1. The Balaban J connectivity index is 2.27. The van der Waals surface area contributed by atoms with E-state index in [1.807, 2.05) is 18.3 Å². The Morgan fingerprint density at radius 2 is 2.33 bits per heavy atom. The highest BCUT2D eigenvalue weighted by molar-refractivity contribution is 7.80. The summed E-state index contributed by atoms with van der Waals surface area (Å²) < 4.78 is 0. The van der Waals surface area contributed by atoms with Crippen molar-refractivity contribution in [3.63, 3.8) is 0 Å². The summed E-state index contributed by atoms with van der Waals surface area (Å²) in [5.41, 5.74) is 10.4. The van der Waals surface area contributed by atoms with E-state index < -0.39 is 0 Å². The van der Waals surface area contributed by atoms with Crippen molar-refractivity contribution in [3.8, 4) is 0 Å². The van der Waals surface area contributed by atoms with E-state index >= 15 is 0 Å². The Morgan fingerprint density at radius 3 is 3.13 bits per heavy atom. The number of hydrogen-bond acceptors (Lipinski definition) is 2. The molecule has 0 saturated carbocycles. The van der Waals surface area contributed by atoms with E-state index in [9.17, 15) is 0 Å². The summed E-state index contributed by atoms with van der Waals surface area (Å²) in [5, 5.41) is 4.62. The van der Waals surface area contributed by atoms with Gasteiger partial charge in [0.05, 0.1) is 0 Å². The summed E-state index contributed by atoms with van der Waals surface area (Å²) in [4.78, 5) is 6.81. The molecule has 0 aliphatic heterocycles. The molecule has 1 N–H and O–H groups in total. The van der Waals surface area contributed by atoms with E-state index in [1.54, 1.807) is 0 Å². The van der Waals surface area contributed by atoms with Crippen LogP contribution in [0.25, 0.3) is 21.3 Å². The minimum absolute atomic E-state index is 0.496. The van der Waals surface area contributed by atoms with Crippen LogP contribution in [0.1, 0.15) is 5.56 Å². The maximum atomic E-state index is 8.16. The lowest BCUT2D eigenvalue weighted by Crippen LogP contribution is -1.87. The van der Waals surface area contributed by atoms with Gasteiger partial charge in [-0.15, -0.1) is 12.6 Å². The van der Waals surface area contributed by atoms with Crippen molar-refractivity contribution < 1.29 is 0 Å². The lowest BCUT2D eigenvalue weighted by molar-refractivity contribution is 0.958. The Kier molecular flexibility index (Phi) is 2.85. The first-order valence-electron chi connectivity index (χ1n) is 4.61. The molecule has 0 atom stereocenters. The maximum absolute atomic E-state index is 8.16. The van der Waals surface area contributed by atoms with Gasteiger partial charge in [0.2, 0.25) is 0 Å². The number of nitrogens with zero attached hydrogens (tertiary/aromatic N) is 3. The lowest BCUT2D eigenvalue weighted by Gasteiger charge is -1.98. The third-order valence-electron chi connectivity index (χ3n) is 2.29. The van der Waals surface area contributed by atoms with Crippen LogP contribution in [-0.2, 0) is 6.42 Å². The van der Waals surface area contributed by atoms with Gasteiger partial charge in [-0.1, -0.05) is 17.2 Å². The van der Waals surface area contributed by atoms with E-state index in [0.717, 1.165) is 27.8 Å². The Hall–Kier alpha value is -1.58. The molecule has 2 aromatic rings. The number of hydrogen-bond donors (Lipinski definition) is 2. The average Bonchev–Trinajstić information content (AvgIpc) is 2.61. The minimum Gasteiger partial charge on any atom is -0.360 e. The molecule has 0 radical (unpaired) electrons. The van der Waals surface area contributed by atoms with Gasteiger partial charge >= 0.3 is 0 Å². The molecular formula is C10H10N4S. The molecule has 0 fully saturated rings. The number of fused-ring (bicyclic) bond motifs is 1. The van der Waals surface area contributed by atoms with Crippen LogP contribution in [0, 0.1) is 0 Å². The van der Waals surface area contributed by atoms with Gasteiger partial charge in [0.1, 0.15) is 0 Å². The van der Waals surface area contributed by atoms with Crippen LogP contribution in [-0.4, -0.2) is 11.5 Å². The first-order valence-corrected chi connectivity index (χ1v) is 5.06. The molecule has 0 bridgehead atoms. The largest absolute Gasteiger partial charge is 0.360 e. The number of thiol groups is 1. The Labute approximate surface area is 92.3 Å². The molecule has 0 aliphatic carbocycles. The SMILES string of the molecule is [N-]=[N+]=NCCc1ccc2c(S)c[nH]c2c1. The van der Waals surface area contributed by atoms with Crippen LogP contribution in [0.5, 0.6) is 0 Å². The zero-order chi connectivity index (χ0) is 10.7. The summed E-state index contributed by atoms with van der Waals surface area (Å²) >= 11 is 4.32. The van der Waals surface area contributed by atoms with Crippen molar-refractivity contribution >= 4 is 23.5 Å². The molecule has 0 saturated heterocycles. The summed E-state index contributed by atoms with van der Waals surface area (Å²) in [5.74, 6) is 0. The van der Waals surface area contributed by atoms with E-state index in [0.29, 0.717) is 6.54 Å². The number of rotatable bonds is 3. The molecule has 1 heterocycles. The molecule has 0 unspecified atom stereocenters. The summed E-state index contributed by atoms with van der Waals surface area (Å²) in [6, 6.07) is 6.12. The van der Waals surface area contributed by atoms with Crippen molar-refractivity contribution in [3.05, 3.63) is 40.4 Å². The second kappa shape index (κ2) is 4.29. The highest BCUT2D eigenvalue weighted by Crippen LogP contribution is 2.22. The molecule has 0 amide bonds. The fourth-order valence-electron chi connectivity index (χ4n) is 1.54. The van der Waals surface area contributed by atoms with Gasteiger partial charge in [-0.05, 0) is 23.6 Å². The summed E-state index contributed by atoms with van der Waals surface area (Å²) in [6.45, 7) is 0.496. The second-order valence-electron chi connectivity index (χ2n) is 3.26. The van der Waals surface area contributed by atoms with E-state index in [4.69, 9.17) is 5.53 Å². The van der Waals surface area contributed by atoms with Crippen molar-refractivity contribution in [2.75, 3.05) is 6.54 Å². The third kappa shape index (κ3) is 2.09. The molecule has 1 aromatic carbocycles. The second-order valence-corrected chi connectivity index (χ2v) is 3.74. The highest BCUT2D eigenvalue weighted by Gasteiger charge is 2.00. The smallest absolute Gasteiger partial charge is 0.0468 e. The van der Waals surface area contributed by atoms with Gasteiger partial charge in [-0.25, -0.2) is 0 Å². The highest BCUT2D eigenvalue weighted by atomic mass is 32.1. The van der Waals surface area contributed by atoms with Crippen LogP contribution < -0.4 is 0 Å². The van der Waals surface area contributed by atoms with Crippen molar-refractivity contribution in [1.29, 1.82) is 0 Å². The predicted molar refractivity (Wildman–Crippen MR) is 63.3 cm³/mol. The molecule has 15 heavy (non-hydrogen) atoms. The predicted octanol–water partition coefficient (Wildman–Crippen LogP) is 3.31. The molecular weight excluding hydrogens is 208 g/mol. The maximum Gasteiger partial charge on any atom is 0.0468 e. The van der Waals surface area contributed by atoms with Crippen molar-refractivity contribution in [2.24, 2.45) is 5.11 Å². The fourth-order valence-corrected chi connectivity index (χ4v) is 1.80. The van der Waals surface area contributed by atoms with Crippen LogP contribution in [0.2, 0.25) is 0 Å². The Morgan fingerprint density at radius 1 is 1.47 bits per heavy atom. The number of H-pyrrole nitrogens is 1. The number of benzene rings is 1. The van der Waals surface area contributed by atoms with Gasteiger partial charge in [0.25, 0.3) is 0 Å². The molecule has 5 heteroatoms. The van der Waals surface area contributed by atoms with Crippen molar-refractivity contribution in [1.82, 2.24) is 4.98 Å². The molecule has 1 aromatic heterocycles. The van der Waals surface area contributed by atoms with Gasteiger partial charge in [0.15, 0.2) is 0 Å². The van der Waals surface area contributed by atoms with Crippen LogP contribution in [0.15, 0.2) is 34.4 Å². The normalized spacial score (nSPS) is 10.2. The third-order valence-corrected chi connectivity index (χ3v) is 2.66. The van der Waals surface area contributed by atoms with Gasteiger partial charge in [-0.3, -0.25) is 0 Å². The van der Waals surface area contributed by atoms with Crippen LogP contribution in [0.3, 0.4) is 0 Å². The molecule has 76 valence electrons. The van der Waals surface area contributed by atoms with E-state index in [-0.39, 0.29) is 0 Å². The fraction of sp³-hybridized carbons (Fsp3) is 0.200. The topological polar surface area (TPSA) is 64.6 Å². The summed E-state index contributed by atoms with van der Waals surface area (Å²) in [6.07, 6.45) is 2.63. The molecule has 2 rings (SSSR count). The molecule has 4 nitrogen and oxygen atoms in total. The van der Waals surface area contributed by atoms with E-state index in [1.165, 1.54) is 0 Å². The first-order chi connectivity index (χ1) is 7.31. The minimum atomic E-state index is 0.496. The van der Waals surface area contributed by atoms with Gasteiger partial charge in [0, 0.05) is 33.5 Å². The number of aromatic amines is 1.